The average molecular weight is 447 g/mol. The summed E-state index contributed by atoms with van der Waals surface area (Å²) in [5.41, 5.74) is -0.00861. The molecule has 0 atom stereocenters. The molecule has 30 heavy (non-hydrogen) atoms. The molecule has 0 aromatic rings. The molecule has 0 heterocycles. The molecule has 0 bridgehead atoms. The number of hydrogen-bond acceptors (Lipinski definition) is 6. The van der Waals surface area contributed by atoms with Gasteiger partial charge in [0.1, 0.15) is 6.10 Å². The van der Waals surface area contributed by atoms with Crippen LogP contribution in [0.3, 0.4) is 0 Å². The lowest BCUT2D eigenvalue weighted by Gasteiger charge is -2.28. The second-order valence-corrected chi connectivity index (χ2v) is 11.1. The van der Waals surface area contributed by atoms with E-state index >= 15 is 0 Å². The minimum atomic E-state index is -0.360. The minimum absolute atomic E-state index is 0.00861. The number of rotatable bonds is 13. The molecule has 1 saturated carbocycles. The van der Waals surface area contributed by atoms with Crippen molar-refractivity contribution in [3.05, 3.63) is 0 Å². The monoisotopic (exact) mass is 446 g/mol. The van der Waals surface area contributed by atoms with Crippen molar-refractivity contribution in [1.29, 1.82) is 0 Å². The SMILES string of the molecule is CC(C)SC1CCC(OC(=O)NCCOCCOCCNC(=O)CC(C)(C)C)CC1. The Bertz CT molecular complexity index is 488. The van der Waals surface area contributed by atoms with Crippen LogP contribution in [0.25, 0.3) is 0 Å². The molecule has 8 heteroatoms. The number of carbonyl (C=O) groups excluding carboxylic acids is 2. The van der Waals surface area contributed by atoms with Gasteiger partial charge in [-0.25, -0.2) is 4.79 Å². The molecule has 1 aliphatic rings. The molecule has 176 valence electrons. The Hall–Kier alpha value is -0.990. The summed E-state index contributed by atoms with van der Waals surface area (Å²) in [6.07, 6.45) is 4.30. The predicted molar refractivity (Wildman–Crippen MR) is 122 cm³/mol. The zero-order chi connectivity index (χ0) is 22.4. The summed E-state index contributed by atoms with van der Waals surface area (Å²) in [6.45, 7) is 13.3. The zero-order valence-corrected chi connectivity index (χ0v) is 20.3. The van der Waals surface area contributed by atoms with Gasteiger partial charge in [-0.1, -0.05) is 34.6 Å². The lowest BCUT2D eigenvalue weighted by molar-refractivity contribution is -0.123. The lowest BCUT2D eigenvalue weighted by Crippen LogP contribution is -2.33. The zero-order valence-electron chi connectivity index (χ0n) is 19.5. The largest absolute Gasteiger partial charge is 0.446 e. The molecule has 1 rings (SSSR count). The maximum atomic E-state index is 11.9. The summed E-state index contributed by atoms with van der Waals surface area (Å²) in [5, 5.41) is 6.93. The van der Waals surface area contributed by atoms with Crippen molar-refractivity contribution in [2.45, 2.75) is 83.3 Å². The van der Waals surface area contributed by atoms with Crippen LogP contribution in [0.4, 0.5) is 4.79 Å². The molecule has 2 N–H and O–H groups in total. The van der Waals surface area contributed by atoms with E-state index in [0.717, 1.165) is 25.7 Å². The summed E-state index contributed by atoms with van der Waals surface area (Å²) in [7, 11) is 0. The van der Waals surface area contributed by atoms with E-state index in [1.165, 1.54) is 0 Å². The topological polar surface area (TPSA) is 85.9 Å². The van der Waals surface area contributed by atoms with Gasteiger partial charge in [-0.2, -0.15) is 11.8 Å². The average Bonchev–Trinajstić information content (AvgIpc) is 2.63. The number of amides is 2. The smallest absolute Gasteiger partial charge is 0.407 e. The summed E-state index contributed by atoms with van der Waals surface area (Å²) in [5.74, 6) is 0.0443. The second-order valence-electron chi connectivity index (χ2n) is 9.23. The van der Waals surface area contributed by atoms with Crippen LogP contribution in [-0.2, 0) is 19.0 Å². The second kappa shape index (κ2) is 14.9. The lowest BCUT2D eigenvalue weighted by atomic mass is 9.92. The molecular weight excluding hydrogens is 404 g/mol. The van der Waals surface area contributed by atoms with Crippen molar-refractivity contribution in [1.82, 2.24) is 10.6 Å². The quantitative estimate of drug-likeness (QED) is 0.419. The Labute approximate surface area is 186 Å². The summed E-state index contributed by atoms with van der Waals surface area (Å²) in [6, 6.07) is 0. The van der Waals surface area contributed by atoms with Crippen molar-refractivity contribution in [2.75, 3.05) is 39.5 Å². The molecule has 1 aliphatic carbocycles. The Morgan fingerprint density at radius 1 is 0.933 bits per heavy atom. The van der Waals surface area contributed by atoms with Gasteiger partial charge in [0.15, 0.2) is 0 Å². The fourth-order valence-electron chi connectivity index (χ4n) is 3.22. The van der Waals surface area contributed by atoms with Crippen molar-refractivity contribution >= 4 is 23.8 Å². The number of carbonyl (C=O) groups is 2. The molecule has 0 radical (unpaired) electrons. The molecule has 0 aromatic heterocycles. The van der Waals surface area contributed by atoms with Crippen molar-refractivity contribution < 1.29 is 23.8 Å². The first-order valence-corrected chi connectivity index (χ1v) is 12.1. The molecule has 2 amide bonds. The van der Waals surface area contributed by atoms with Crippen LogP contribution in [0.1, 0.15) is 66.7 Å². The fourth-order valence-corrected chi connectivity index (χ4v) is 4.53. The first-order chi connectivity index (χ1) is 14.2. The van der Waals surface area contributed by atoms with E-state index in [2.05, 4.69) is 24.5 Å². The van der Waals surface area contributed by atoms with E-state index < -0.39 is 0 Å². The van der Waals surface area contributed by atoms with Crippen LogP contribution in [0.5, 0.6) is 0 Å². The van der Waals surface area contributed by atoms with Crippen molar-refractivity contribution in [2.24, 2.45) is 5.41 Å². The Kier molecular flexibility index (Phi) is 13.4. The van der Waals surface area contributed by atoms with Gasteiger partial charge < -0.3 is 24.8 Å². The van der Waals surface area contributed by atoms with Crippen LogP contribution in [0, 0.1) is 5.41 Å². The first-order valence-electron chi connectivity index (χ1n) is 11.2. The van der Waals surface area contributed by atoms with Gasteiger partial charge in [0.2, 0.25) is 5.91 Å². The third kappa shape index (κ3) is 14.9. The predicted octanol–water partition coefficient (Wildman–Crippen LogP) is 3.75. The molecule has 0 saturated heterocycles. The summed E-state index contributed by atoms with van der Waals surface area (Å²) < 4.78 is 16.3. The Morgan fingerprint density at radius 2 is 1.50 bits per heavy atom. The standard InChI is InChI=1S/C22H42N2O5S/c1-17(2)30-19-8-6-18(7-9-19)29-21(26)24-11-13-28-15-14-27-12-10-23-20(25)16-22(3,4)5/h17-19H,6-16H2,1-5H3,(H,23,25)(H,24,26). The van der Waals surface area contributed by atoms with Crippen LogP contribution in [0.2, 0.25) is 0 Å². The van der Waals surface area contributed by atoms with E-state index in [1.54, 1.807) is 0 Å². The molecule has 1 fully saturated rings. The van der Waals surface area contributed by atoms with Crippen LogP contribution >= 0.6 is 11.8 Å². The van der Waals surface area contributed by atoms with Crippen LogP contribution in [-0.4, -0.2) is 68.1 Å². The van der Waals surface area contributed by atoms with Gasteiger partial charge in [-0.15, -0.1) is 0 Å². The van der Waals surface area contributed by atoms with E-state index in [0.29, 0.717) is 56.4 Å². The van der Waals surface area contributed by atoms with E-state index in [1.807, 2.05) is 32.5 Å². The number of thioether (sulfide) groups is 1. The highest BCUT2D eigenvalue weighted by molar-refractivity contribution is 8.00. The number of nitrogens with one attached hydrogen (secondary N) is 2. The molecule has 0 aliphatic heterocycles. The molecular formula is C22H42N2O5S. The number of ether oxygens (including phenoxy) is 3. The Morgan fingerprint density at radius 3 is 2.03 bits per heavy atom. The number of alkyl carbamates (subject to hydrolysis) is 1. The van der Waals surface area contributed by atoms with Gasteiger partial charge in [-0.3, -0.25) is 4.79 Å². The van der Waals surface area contributed by atoms with Gasteiger partial charge in [0, 0.05) is 24.8 Å². The van der Waals surface area contributed by atoms with Crippen molar-refractivity contribution in [3.8, 4) is 0 Å². The highest BCUT2D eigenvalue weighted by Gasteiger charge is 2.24. The first kappa shape index (κ1) is 27.0. The Balaban J connectivity index is 1.90. The summed E-state index contributed by atoms with van der Waals surface area (Å²) >= 11 is 2.03. The highest BCUT2D eigenvalue weighted by atomic mass is 32.2. The van der Waals surface area contributed by atoms with Crippen LogP contribution < -0.4 is 10.6 Å². The van der Waals surface area contributed by atoms with E-state index in [-0.39, 0.29) is 23.5 Å². The number of hydrogen-bond donors (Lipinski definition) is 2. The van der Waals surface area contributed by atoms with E-state index in [4.69, 9.17) is 14.2 Å². The molecule has 7 nitrogen and oxygen atoms in total. The minimum Gasteiger partial charge on any atom is -0.446 e. The molecule has 0 spiro atoms. The molecule has 0 aromatic carbocycles. The third-order valence-electron chi connectivity index (χ3n) is 4.51. The maximum absolute atomic E-state index is 11.9. The van der Waals surface area contributed by atoms with Gasteiger partial charge in [0.05, 0.1) is 26.4 Å². The third-order valence-corrected chi connectivity index (χ3v) is 5.91. The van der Waals surface area contributed by atoms with Gasteiger partial charge in [-0.05, 0) is 36.3 Å². The molecule has 0 unspecified atom stereocenters. The van der Waals surface area contributed by atoms with Crippen LogP contribution in [0.15, 0.2) is 0 Å². The van der Waals surface area contributed by atoms with Gasteiger partial charge >= 0.3 is 6.09 Å². The highest BCUT2D eigenvalue weighted by Crippen LogP contribution is 2.32. The van der Waals surface area contributed by atoms with Crippen molar-refractivity contribution in [3.63, 3.8) is 0 Å². The van der Waals surface area contributed by atoms with E-state index in [9.17, 15) is 9.59 Å². The van der Waals surface area contributed by atoms with Gasteiger partial charge in [0.25, 0.3) is 0 Å². The maximum Gasteiger partial charge on any atom is 0.407 e. The fraction of sp³-hybridized carbons (Fsp3) is 0.909. The normalized spacial score (nSPS) is 19.5. The summed E-state index contributed by atoms with van der Waals surface area (Å²) in [4.78, 5) is 23.5.